The average molecular weight is 1020 g/mol. The summed E-state index contributed by atoms with van der Waals surface area (Å²) in [6, 6.07) is 39.7. The van der Waals surface area contributed by atoms with Crippen LogP contribution in [0.3, 0.4) is 0 Å². The monoisotopic (exact) mass is 1010 g/mol. The van der Waals surface area contributed by atoms with Crippen molar-refractivity contribution in [2.24, 2.45) is 0 Å². The minimum Gasteiger partial charge on any atom is -0.478 e. The van der Waals surface area contributed by atoms with Gasteiger partial charge in [0.15, 0.2) is 0 Å². The maximum Gasteiger partial charge on any atom is 0.491 e. The fourth-order valence-corrected chi connectivity index (χ4v) is 8.18. The molecule has 2 atom stereocenters. The number of carboxylic acids is 1. The Balaban J connectivity index is 0.000000186. The summed E-state index contributed by atoms with van der Waals surface area (Å²) in [7, 11) is -1.72. The van der Waals surface area contributed by atoms with Crippen LogP contribution in [0.1, 0.15) is 91.8 Å². The van der Waals surface area contributed by atoms with Crippen molar-refractivity contribution >= 4 is 92.9 Å². The van der Waals surface area contributed by atoms with Crippen LogP contribution in [0.2, 0.25) is 15.2 Å². The van der Waals surface area contributed by atoms with Crippen LogP contribution in [-0.4, -0.2) is 60.8 Å². The Morgan fingerprint density at radius 1 is 0.690 bits per heavy atom. The Morgan fingerprint density at radius 3 is 1.68 bits per heavy atom. The number of amides is 3. The molecular formula is C53H41BCl3F2N5O7. The number of carboxylic acid groups (broad SMARTS) is 1. The van der Waals surface area contributed by atoms with Gasteiger partial charge in [0.2, 0.25) is 0 Å². The molecule has 3 heterocycles. The van der Waals surface area contributed by atoms with Crippen LogP contribution in [0.5, 0.6) is 0 Å². The number of carbonyl (C=O) groups excluding carboxylic acids is 3. The van der Waals surface area contributed by atoms with E-state index in [1.165, 1.54) is 47.4 Å². The predicted molar refractivity (Wildman–Crippen MR) is 271 cm³/mol. The van der Waals surface area contributed by atoms with E-state index in [0.717, 1.165) is 10.8 Å². The number of pyridine rings is 2. The first-order valence-corrected chi connectivity index (χ1v) is 22.8. The third-order valence-electron chi connectivity index (χ3n) is 11.0. The fraction of sp³-hybridized carbons (Fsp3) is 0.113. The topological polar surface area (TPSA) is 194 Å². The first-order valence-electron chi connectivity index (χ1n) is 21.6. The lowest BCUT2D eigenvalue weighted by molar-refractivity contribution is 0.0593. The van der Waals surface area contributed by atoms with Crippen LogP contribution < -0.4 is 10.8 Å². The molecule has 0 fully saturated rings. The Hall–Kier alpha value is -7.58. The summed E-state index contributed by atoms with van der Waals surface area (Å²) in [5.74, 6) is -3.45. The van der Waals surface area contributed by atoms with Crippen LogP contribution in [0, 0.1) is 23.0 Å². The van der Waals surface area contributed by atoms with Crippen LogP contribution in [0.25, 0.3) is 33.1 Å². The Bertz CT molecular complexity index is 3320. The molecule has 0 saturated heterocycles. The lowest BCUT2D eigenvalue weighted by Crippen LogP contribution is -2.32. The third kappa shape index (κ3) is 12.1. The second-order valence-corrected chi connectivity index (χ2v) is 16.7. The zero-order valence-corrected chi connectivity index (χ0v) is 40.2. The molecule has 0 aliphatic carbocycles. The number of hydrogen-bond acceptors (Lipinski definition) is 9. The van der Waals surface area contributed by atoms with E-state index in [2.05, 4.69) is 15.3 Å². The number of halogens is 5. The number of nitriles is 1. The molecule has 0 saturated carbocycles. The number of para-hydroxylation sites is 2. The first-order chi connectivity index (χ1) is 34.0. The van der Waals surface area contributed by atoms with Gasteiger partial charge in [-0.2, -0.15) is 5.26 Å². The van der Waals surface area contributed by atoms with Crippen molar-refractivity contribution < 1.29 is 43.1 Å². The molecule has 0 radical (unpaired) electrons. The second kappa shape index (κ2) is 23.8. The van der Waals surface area contributed by atoms with E-state index in [-0.39, 0.29) is 39.1 Å². The minimum absolute atomic E-state index is 0.0380. The molecule has 0 bridgehead atoms. The number of fused-ring (bicyclic) bond motifs is 3. The van der Waals surface area contributed by atoms with Crippen molar-refractivity contribution in [2.75, 3.05) is 0 Å². The number of nitrogens with one attached hydrogen (secondary N) is 1. The molecule has 8 aromatic rings. The largest absolute Gasteiger partial charge is 0.491 e. The predicted octanol–water partition coefficient (Wildman–Crippen LogP) is 11.2. The molecule has 9 rings (SSSR count). The van der Waals surface area contributed by atoms with Gasteiger partial charge < -0.3 is 20.5 Å². The summed E-state index contributed by atoms with van der Waals surface area (Å²) in [4.78, 5) is 59.9. The van der Waals surface area contributed by atoms with E-state index in [9.17, 15) is 33.1 Å². The zero-order valence-electron chi connectivity index (χ0n) is 37.9. The SMILES string of the molecule is CCC#N.C[C@@H](c1cc2cccc(Cl)c2nc1Cl)N1C(=O)c2ccccc2C1=O.C[C@H](NC(=O)c1ccccc1C(=O)O)c1cc2cccc(Cl)c2nc1-c1ccccc1F.OB(O)c1ccccc1F. The number of aromatic carboxylic acids is 1. The molecule has 12 nitrogen and oxygen atoms in total. The molecular weight excluding hydrogens is 974 g/mol. The number of benzene rings is 6. The molecule has 6 aromatic carbocycles. The van der Waals surface area contributed by atoms with E-state index >= 15 is 0 Å². The summed E-state index contributed by atoms with van der Waals surface area (Å²) in [6.07, 6.45) is 0.625. The van der Waals surface area contributed by atoms with Crippen molar-refractivity contribution in [1.29, 1.82) is 5.26 Å². The lowest BCUT2D eigenvalue weighted by atomic mass is 9.80. The Kier molecular flexibility index (Phi) is 17.7. The fourth-order valence-electron chi connectivity index (χ4n) is 7.43. The second-order valence-electron chi connectivity index (χ2n) is 15.6. The zero-order chi connectivity index (χ0) is 51.5. The molecule has 3 amide bonds. The summed E-state index contributed by atoms with van der Waals surface area (Å²) in [5, 5.41) is 39.6. The van der Waals surface area contributed by atoms with Crippen LogP contribution in [0.4, 0.5) is 8.78 Å². The minimum atomic E-state index is -1.72. The van der Waals surface area contributed by atoms with Gasteiger partial charge in [-0.1, -0.05) is 121 Å². The van der Waals surface area contributed by atoms with Gasteiger partial charge in [-0.25, -0.2) is 23.5 Å². The number of rotatable bonds is 8. The molecule has 1 aliphatic rings. The number of imide groups is 1. The van der Waals surface area contributed by atoms with Crippen LogP contribution in [-0.2, 0) is 0 Å². The maximum absolute atomic E-state index is 14.7. The standard InChI is InChI=1S/C25H18ClFN2O3.C19H12Cl2N2O2.C6H6BFO2.C3H5N/c1-14(28-24(30)16-8-2-3-9-17(16)25(31)32)19-13-15-7-6-11-20(26)22(15)29-23(19)18-10-4-5-12-21(18)27;1-10(23-18(24)12-6-2-3-7-13(12)19(23)25)14-9-11-5-4-8-15(20)16(11)22-17(14)21;8-6-4-2-1-3-5(6)7(9)10;1-2-3-4/h2-14H,1H3,(H,28,30)(H,31,32);2-10H,1H3;1-4,9-10H;2H2,1H3/t14-;10-;;/m00../s1. The molecule has 71 heavy (non-hydrogen) atoms. The van der Waals surface area contributed by atoms with Gasteiger partial charge in [0.25, 0.3) is 17.7 Å². The third-order valence-corrected chi connectivity index (χ3v) is 11.9. The summed E-state index contributed by atoms with van der Waals surface area (Å²) in [6.45, 7) is 5.32. The highest BCUT2D eigenvalue weighted by Crippen LogP contribution is 2.37. The maximum atomic E-state index is 14.7. The lowest BCUT2D eigenvalue weighted by Gasteiger charge is -2.23. The highest BCUT2D eigenvalue weighted by molar-refractivity contribution is 6.58. The number of aromatic nitrogens is 2. The molecule has 358 valence electrons. The quantitative estimate of drug-likeness (QED) is 0.0646. The van der Waals surface area contributed by atoms with Gasteiger partial charge in [0.1, 0.15) is 16.8 Å². The van der Waals surface area contributed by atoms with Crippen molar-refractivity contribution in [1.82, 2.24) is 20.2 Å². The van der Waals surface area contributed by atoms with Crippen molar-refractivity contribution in [2.45, 2.75) is 39.3 Å². The van der Waals surface area contributed by atoms with Gasteiger partial charge in [-0.05, 0) is 80.6 Å². The molecule has 18 heteroatoms. The Labute approximate surface area is 421 Å². The van der Waals surface area contributed by atoms with Crippen LogP contribution in [0.15, 0.2) is 146 Å². The van der Waals surface area contributed by atoms with Crippen molar-refractivity contribution in [3.8, 4) is 17.3 Å². The van der Waals surface area contributed by atoms with Gasteiger partial charge in [-0.3, -0.25) is 19.3 Å². The van der Waals surface area contributed by atoms with Gasteiger partial charge in [0, 0.05) is 39.3 Å². The van der Waals surface area contributed by atoms with E-state index in [1.807, 2.05) is 43.3 Å². The van der Waals surface area contributed by atoms with Crippen molar-refractivity contribution in [3.05, 3.63) is 206 Å². The van der Waals surface area contributed by atoms with E-state index < -0.39 is 42.7 Å². The van der Waals surface area contributed by atoms with E-state index in [0.29, 0.717) is 55.4 Å². The van der Waals surface area contributed by atoms with Gasteiger partial charge >= 0.3 is 13.1 Å². The van der Waals surface area contributed by atoms with E-state index in [4.69, 9.17) is 50.1 Å². The molecule has 2 aromatic heterocycles. The Morgan fingerprint density at radius 2 is 1.17 bits per heavy atom. The molecule has 1 aliphatic heterocycles. The normalized spacial score (nSPS) is 12.2. The highest BCUT2D eigenvalue weighted by atomic mass is 35.5. The van der Waals surface area contributed by atoms with E-state index in [1.54, 1.807) is 86.6 Å². The molecule has 4 N–H and O–H groups in total. The number of nitrogens with zero attached hydrogens (tertiary/aromatic N) is 4. The molecule has 0 unspecified atom stereocenters. The van der Waals surface area contributed by atoms with Crippen molar-refractivity contribution in [3.63, 3.8) is 0 Å². The number of carbonyl (C=O) groups is 4. The first kappa shape index (κ1) is 52.8. The summed E-state index contributed by atoms with van der Waals surface area (Å²) >= 11 is 18.8. The van der Waals surface area contributed by atoms with Gasteiger partial charge in [0.05, 0.1) is 67.2 Å². The van der Waals surface area contributed by atoms with Crippen LogP contribution >= 0.6 is 34.8 Å². The average Bonchev–Trinajstić information content (AvgIpc) is 3.62. The van der Waals surface area contributed by atoms with Gasteiger partial charge in [-0.15, -0.1) is 0 Å². The summed E-state index contributed by atoms with van der Waals surface area (Å²) in [5.41, 5.74) is 3.57. The summed E-state index contributed by atoms with van der Waals surface area (Å²) < 4.78 is 27.2. The number of hydrogen-bond donors (Lipinski definition) is 4. The highest BCUT2D eigenvalue weighted by Gasteiger charge is 2.39. The molecule has 0 spiro atoms. The smallest absolute Gasteiger partial charge is 0.478 e.